The van der Waals surface area contributed by atoms with Gasteiger partial charge >= 0.3 is 5.97 Å². The van der Waals surface area contributed by atoms with Crippen LogP contribution in [-0.4, -0.2) is 50.2 Å². The number of hydrogen-bond donors (Lipinski definition) is 0. The number of esters is 1. The van der Waals surface area contributed by atoms with E-state index in [0.717, 1.165) is 11.4 Å². The maximum atomic E-state index is 12.4. The second-order valence-corrected chi connectivity index (χ2v) is 7.31. The van der Waals surface area contributed by atoms with E-state index >= 15 is 0 Å². The van der Waals surface area contributed by atoms with Crippen LogP contribution in [0.15, 0.2) is 18.2 Å². The smallest absolute Gasteiger partial charge is 0.359 e. The van der Waals surface area contributed by atoms with Gasteiger partial charge in [-0.2, -0.15) is 5.10 Å². The fourth-order valence-electron chi connectivity index (χ4n) is 3.00. The molecular weight excluding hydrogens is 368 g/mol. The van der Waals surface area contributed by atoms with Gasteiger partial charge in [-0.25, -0.2) is 14.5 Å². The summed E-state index contributed by atoms with van der Waals surface area (Å²) >= 11 is 6.11. The van der Waals surface area contributed by atoms with Crippen LogP contribution in [-0.2, 0) is 9.53 Å². The molecule has 146 valence electrons. The standard InChI is InChI=1S/C19H25ClN4O3/c1-11(2)23(12(3)4)17(25)10-27-19(26)18-15(20)7-8-16(21-18)24-14(6)9-13(5)22-24/h7-9,11-12H,10H2,1-6H3. The Bertz CT molecular complexity index is 837. The molecule has 1 amide bonds. The number of rotatable bonds is 6. The van der Waals surface area contributed by atoms with E-state index < -0.39 is 5.97 Å². The van der Waals surface area contributed by atoms with Gasteiger partial charge in [-0.15, -0.1) is 0 Å². The Morgan fingerprint density at radius 1 is 1.19 bits per heavy atom. The average molecular weight is 393 g/mol. The van der Waals surface area contributed by atoms with E-state index in [1.165, 1.54) is 0 Å². The third-order valence-electron chi connectivity index (χ3n) is 3.98. The molecule has 0 saturated heterocycles. The molecule has 2 heterocycles. The van der Waals surface area contributed by atoms with Crippen molar-refractivity contribution in [2.24, 2.45) is 0 Å². The Balaban J connectivity index is 2.18. The molecule has 0 bridgehead atoms. The number of halogens is 1. The first-order valence-electron chi connectivity index (χ1n) is 8.80. The van der Waals surface area contributed by atoms with E-state index in [-0.39, 0.29) is 35.3 Å². The zero-order valence-corrected chi connectivity index (χ0v) is 17.2. The van der Waals surface area contributed by atoms with Crippen molar-refractivity contribution in [3.63, 3.8) is 0 Å². The molecule has 0 atom stereocenters. The van der Waals surface area contributed by atoms with Gasteiger partial charge in [0.2, 0.25) is 0 Å². The summed E-state index contributed by atoms with van der Waals surface area (Å²) in [6, 6.07) is 5.15. The van der Waals surface area contributed by atoms with Gasteiger partial charge in [0.25, 0.3) is 5.91 Å². The van der Waals surface area contributed by atoms with Crippen molar-refractivity contribution in [2.45, 2.75) is 53.6 Å². The van der Waals surface area contributed by atoms with Crippen LogP contribution in [0.3, 0.4) is 0 Å². The van der Waals surface area contributed by atoms with Crippen molar-refractivity contribution >= 4 is 23.5 Å². The predicted octanol–water partition coefficient (Wildman–Crippen LogP) is 3.34. The molecule has 0 aliphatic carbocycles. The van der Waals surface area contributed by atoms with Gasteiger partial charge in [-0.05, 0) is 59.7 Å². The van der Waals surface area contributed by atoms with Crippen LogP contribution >= 0.6 is 11.6 Å². The van der Waals surface area contributed by atoms with Crippen LogP contribution in [0, 0.1) is 13.8 Å². The maximum absolute atomic E-state index is 12.4. The number of amides is 1. The zero-order valence-electron chi connectivity index (χ0n) is 16.5. The highest BCUT2D eigenvalue weighted by molar-refractivity contribution is 6.33. The summed E-state index contributed by atoms with van der Waals surface area (Å²) in [4.78, 5) is 30.7. The maximum Gasteiger partial charge on any atom is 0.359 e. The summed E-state index contributed by atoms with van der Waals surface area (Å²) in [5.74, 6) is -0.558. The van der Waals surface area contributed by atoms with E-state index in [0.29, 0.717) is 5.82 Å². The lowest BCUT2D eigenvalue weighted by Gasteiger charge is -2.30. The molecule has 2 aromatic rings. The van der Waals surface area contributed by atoms with Crippen molar-refractivity contribution in [3.05, 3.63) is 40.3 Å². The third-order valence-corrected chi connectivity index (χ3v) is 4.28. The van der Waals surface area contributed by atoms with Crippen LogP contribution in [0.1, 0.15) is 49.6 Å². The number of carbonyl (C=O) groups excluding carboxylic acids is 2. The van der Waals surface area contributed by atoms with E-state index in [2.05, 4.69) is 10.1 Å². The van der Waals surface area contributed by atoms with Crippen molar-refractivity contribution in [1.82, 2.24) is 19.7 Å². The third kappa shape index (κ3) is 4.86. The van der Waals surface area contributed by atoms with E-state index in [1.54, 1.807) is 21.7 Å². The second-order valence-electron chi connectivity index (χ2n) is 6.90. The molecular formula is C19H25ClN4O3. The fraction of sp³-hybridized carbons (Fsp3) is 0.474. The molecule has 0 fully saturated rings. The Morgan fingerprint density at radius 3 is 2.33 bits per heavy atom. The normalized spacial score (nSPS) is 11.1. The SMILES string of the molecule is Cc1cc(C)n(-c2ccc(Cl)c(C(=O)OCC(=O)N(C(C)C)C(C)C)n2)n1. The first-order valence-corrected chi connectivity index (χ1v) is 9.18. The first-order chi connectivity index (χ1) is 12.6. The molecule has 27 heavy (non-hydrogen) atoms. The van der Waals surface area contributed by atoms with Crippen LogP contribution in [0.5, 0.6) is 0 Å². The number of ether oxygens (including phenoxy) is 1. The highest BCUT2D eigenvalue weighted by atomic mass is 35.5. The van der Waals surface area contributed by atoms with E-state index in [4.69, 9.17) is 16.3 Å². The predicted molar refractivity (Wildman–Crippen MR) is 103 cm³/mol. The second kappa shape index (κ2) is 8.52. The number of nitrogens with zero attached hydrogens (tertiary/aromatic N) is 4. The summed E-state index contributed by atoms with van der Waals surface area (Å²) in [6.07, 6.45) is 0. The molecule has 2 rings (SSSR count). The average Bonchev–Trinajstić information content (AvgIpc) is 2.90. The van der Waals surface area contributed by atoms with Crippen LogP contribution in [0.4, 0.5) is 0 Å². The molecule has 2 aromatic heterocycles. The Kier molecular flexibility index (Phi) is 6.59. The van der Waals surface area contributed by atoms with Crippen molar-refractivity contribution in [2.75, 3.05) is 6.61 Å². The summed E-state index contributed by atoms with van der Waals surface area (Å²) in [6.45, 7) is 11.0. The lowest BCUT2D eigenvalue weighted by molar-refractivity contribution is -0.138. The molecule has 0 radical (unpaired) electrons. The molecule has 0 unspecified atom stereocenters. The number of pyridine rings is 1. The topological polar surface area (TPSA) is 77.3 Å². The number of carbonyl (C=O) groups is 2. The van der Waals surface area contributed by atoms with Gasteiger partial charge in [0.05, 0.1) is 10.7 Å². The van der Waals surface area contributed by atoms with Crippen molar-refractivity contribution < 1.29 is 14.3 Å². The largest absolute Gasteiger partial charge is 0.451 e. The number of hydrogen-bond acceptors (Lipinski definition) is 5. The number of aromatic nitrogens is 3. The van der Waals surface area contributed by atoms with Crippen LogP contribution < -0.4 is 0 Å². The van der Waals surface area contributed by atoms with Crippen molar-refractivity contribution in [1.29, 1.82) is 0 Å². The Labute approximate surface area is 164 Å². The lowest BCUT2D eigenvalue weighted by Crippen LogP contribution is -2.44. The minimum Gasteiger partial charge on any atom is -0.451 e. The molecule has 0 saturated carbocycles. The molecule has 8 heteroatoms. The minimum atomic E-state index is -0.746. The quantitative estimate of drug-likeness (QED) is 0.704. The molecule has 0 spiro atoms. The molecule has 0 N–H and O–H groups in total. The van der Waals surface area contributed by atoms with Gasteiger partial charge in [0.15, 0.2) is 18.1 Å². The monoisotopic (exact) mass is 392 g/mol. The first kappa shape index (κ1) is 20.9. The molecule has 0 aliphatic heterocycles. The molecule has 0 aliphatic rings. The van der Waals surface area contributed by atoms with Gasteiger partial charge in [-0.1, -0.05) is 11.6 Å². The van der Waals surface area contributed by atoms with Crippen LogP contribution in [0.2, 0.25) is 5.02 Å². The van der Waals surface area contributed by atoms with Gasteiger partial charge in [-0.3, -0.25) is 4.79 Å². The summed E-state index contributed by atoms with van der Waals surface area (Å²) in [7, 11) is 0. The summed E-state index contributed by atoms with van der Waals surface area (Å²) < 4.78 is 6.79. The van der Waals surface area contributed by atoms with E-state index in [1.807, 2.05) is 47.6 Å². The lowest BCUT2D eigenvalue weighted by atomic mass is 10.2. The number of aryl methyl sites for hydroxylation is 2. The Morgan fingerprint density at radius 2 is 1.81 bits per heavy atom. The van der Waals surface area contributed by atoms with Gasteiger partial charge in [0, 0.05) is 17.8 Å². The molecule has 7 nitrogen and oxygen atoms in total. The van der Waals surface area contributed by atoms with Crippen molar-refractivity contribution in [3.8, 4) is 5.82 Å². The van der Waals surface area contributed by atoms with E-state index in [9.17, 15) is 9.59 Å². The highest BCUT2D eigenvalue weighted by Gasteiger charge is 2.23. The fourth-order valence-corrected chi connectivity index (χ4v) is 3.18. The summed E-state index contributed by atoms with van der Waals surface area (Å²) in [5.41, 5.74) is 1.66. The van der Waals surface area contributed by atoms with Gasteiger partial charge < -0.3 is 9.64 Å². The molecule has 0 aromatic carbocycles. The zero-order chi connectivity index (χ0) is 20.3. The highest BCUT2D eigenvalue weighted by Crippen LogP contribution is 2.19. The van der Waals surface area contributed by atoms with Crippen LogP contribution in [0.25, 0.3) is 5.82 Å². The Hall–Kier alpha value is -2.41. The minimum absolute atomic E-state index is 0.00673. The van der Waals surface area contributed by atoms with Gasteiger partial charge in [0.1, 0.15) is 0 Å². The summed E-state index contributed by atoms with van der Waals surface area (Å²) in [5, 5.41) is 4.50.